The lowest BCUT2D eigenvalue weighted by atomic mass is 9.84. The minimum atomic E-state index is -0.0812. The van der Waals surface area contributed by atoms with E-state index in [-0.39, 0.29) is 23.3 Å². The molecule has 1 aliphatic rings. The summed E-state index contributed by atoms with van der Waals surface area (Å²) in [7, 11) is 0. The van der Waals surface area contributed by atoms with Crippen molar-refractivity contribution in [2.75, 3.05) is 13.1 Å². The number of carbonyl (C=O) groups excluding carboxylic acids is 1. The molecule has 2 rings (SSSR count). The maximum absolute atomic E-state index is 12.9. The van der Waals surface area contributed by atoms with E-state index >= 15 is 0 Å². The summed E-state index contributed by atoms with van der Waals surface area (Å²) in [4.78, 5) is 19.1. The fourth-order valence-corrected chi connectivity index (χ4v) is 3.20. The van der Waals surface area contributed by atoms with E-state index in [1.807, 2.05) is 17.2 Å². The van der Waals surface area contributed by atoms with Gasteiger partial charge in [0.2, 0.25) is 5.91 Å². The van der Waals surface area contributed by atoms with Crippen LogP contribution in [0, 0.1) is 11.3 Å². The van der Waals surface area contributed by atoms with Crippen LogP contribution in [0.4, 0.5) is 0 Å². The van der Waals surface area contributed by atoms with Crippen LogP contribution in [0.15, 0.2) is 24.5 Å². The summed E-state index contributed by atoms with van der Waals surface area (Å²) in [5.41, 5.74) is 7.12. The van der Waals surface area contributed by atoms with Crippen LogP contribution in [0.25, 0.3) is 0 Å². The van der Waals surface area contributed by atoms with Crippen LogP contribution in [-0.4, -0.2) is 28.9 Å². The van der Waals surface area contributed by atoms with Crippen LogP contribution in [0.2, 0.25) is 0 Å². The lowest BCUT2D eigenvalue weighted by molar-refractivity contribution is -0.137. The van der Waals surface area contributed by atoms with Crippen LogP contribution < -0.4 is 5.73 Å². The highest BCUT2D eigenvalue weighted by molar-refractivity contribution is 5.80. The first-order chi connectivity index (χ1) is 9.92. The van der Waals surface area contributed by atoms with Gasteiger partial charge in [-0.05, 0) is 36.3 Å². The van der Waals surface area contributed by atoms with Gasteiger partial charge in [-0.1, -0.05) is 26.8 Å². The summed E-state index contributed by atoms with van der Waals surface area (Å²) in [5, 5.41) is 0. The molecule has 1 aromatic heterocycles. The average molecular weight is 289 g/mol. The van der Waals surface area contributed by atoms with Crippen molar-refractivity contribution in [1.82, 2.24) is 9.88 Å². The van der Waals surface area contributed by atoms with E-state index in [0.717, 1.165) is 31.4 Å². The van der Waals surface area contributed by atoms with E-state index in [2.05, 4.69) is 31.8 Å². The van der Waals surface area contributed by atoms with Gasteiger partial charge in [-0.15, -0.1) is 0 Å². The molecule has 0 aromatic carbocycles. The second-order valence-electron chi connectivity index (χ2n) is 7.17. The maximum atomic E-state index is 12.9. The predicted octanol–water partition coefficient (Wildman–Crippen LogP) is 2.76. The van der Waals surface area contributed by atoms with Crippen molar-refractivity contribution in [2.24, 2.45) is 17.1 Å². The van der Waals surface area contributed by atoms with Gasteiger partial charge in [-0.2, -0.15) is 0 Å². The number of nitrogens with zero attached hydrogens (tertiary/aromatic N) is 2. The molecule has 0 radical (unpaired) electrons. The van der Waals surface area contributed by atoms with Crippen LogP contribution in [0.5, 0.6) is 0 Å². The fraction of sp³-hybridized carbons (Fsp3) is 0.647. The Morgan fingerprint density at radius 2 is 2.29 bits per heavy atom. The van der Waals surface area contributed by atoms with Gasteiger partial charge in [0.15, 0.2) is 0 Å². The molecule has 1 fully saturated rings. The molecule has 1 aliphatic heterocycles. The number of rotatable bonds is 4. The van der Waals surface area contributed by atoms with E-state index in [4.69, 9.17) is 5.73 Å². The Balaban J connectivity index is 2.13. The first-order valence-corrected chi connectivity index (χ1v) is 7.83. The van der Waals surface area contributed by atoms with Gasteiger partial charge < -0.3 is 10.6 Å². The summed E-state index contributed by atoms with van der Waals surface area (Å²) in [6.07, 6.45) is 6.55. The topological polar surface area (TPSA) is 59.2 Å². The molecule has 0 aliphatic carbocycles. The zero-order valence-electron chi connectivity index (χ0n) is 13.4. The molecule has 1 saturated heterocycles. The van der Waals surface area contributed by atoms with Gasteiger partial charge >= 0.3 is 0 Å². The second kappa shape index (κ2) is 6.56. The third kappa shape index (κ3) is 4.03. The fourth-order valence-electron chi connectivity index (χ4n) is 3.20. The molecular formula is C17H27N3O. The predicted molar refractivity (Wildman–Crippen MR) is 84.5 cm³/mol. The third-order valence-corrected chi connectivity index (χ3v) is 4.10. The zero-order valence-corrected chi connectivity index (χ0v) is 13.4. The number of nitrogens with two attached hydrogens (primary N) is 1. The first kappa shape index (κ1) is 16.0. The molecule has 2 atom stereocenters. The van der Waals surface area contributed by atoms with Crippen molar-refractivity contribution >= 4 is 5.91 Å². The minimum absolute atomic E-state index is 0.0812. The summed E-state index contributed by atoms with van der Waals surface area (Å²) in [6, 6.07) is 4.16. The van der Waals surface area contributed by atoms with Crippen molar-refractivity contribution in [2.45, 2.75) is 46.1 Å². The maximum Gasteiger partial charge on any atom is 0.227 e. The molecule has 116 valence electrons. The molecule has 0 spiro atoms. The highest BCUT2D eigenvalue weighted by Gasteiger charge is 2.34. The smallest absolute Gasteiger partial charge is 0.227 e. The van der Waals surface area contributed by atoms with E-state index in [0.29, 0.717) is 6.54 Å². The van der Waals surface area contributed by atoms with Crippen LogP contribution in [0.1, 0.15) is 51.6 Å². The van der Waals surface area contributed by atoms with Gasteiger partial charge in [0, 0.05) is 25.5 Å². The number of aromatic nitrogens is 1. The lowest BCUT2D eigenvalue weighted by Crippen LogP contribution is -2.40. The van der Waals surface area contributed by atoms with Gasteiger partial charge in [0.1, 0.15) is 0 Å². The number of pyridine rings is 1. The summed E-state index contributed by atoms with van der Waals surface area (Å²) < 4.78 is 0. The van der Waals surface area contributed by atoms with Crippen molar-refractivity contribution < 1.29 is 4.79 Å². The highest BCUT2D eigenvalue weighted by atomic mass is 16.2. The van der Waals surface area contributed by atoms with E-state index in [1.165, 1.54) is 0 Å². The Morgan fingerprint density at radius 1 is 1.52 bits per heavy atom. The first-order valence-electron chi connectivity index (χ1n) is 7.83. The Morgan fingerprint density at radius 3 is 2.86 bits per heavy atom. The van der Waals surface area contributed by atoms with E-state index < -0.39 is 0 Å². The Bertz CT molecular complexity index is 467. The SMILES string of the molecule is CC(C)(C)CC(CN)C(=O)N1CCCC1c1cccnc1. The Labute approximate surface area is 127 Å². The molecule has 2 unspecified atom stereocenters. The number of hydrogen-bond acceptors (Lipinski definition) is 3. The molecule has 4 heteroatoms. The molecule has 2 N–H and O–H groups in total. The van der Waals surface area contributed by atoms with Crippen molar-refractivity contribution in [3.63, 3.8) is 0 Å². The summed E-state index contributed by atoms with van der Waals surface area (Å²) in [6.45, 7) is 7.73. The lowest BCUT2D eigenvalue weighted by Gasteiger charge is -2.31. The molecule has 4 nitrogen and oxygen atoms in total. The van der Waals surface area contributed by atoms with E-state index in [1.54, 1.807) is 6.20 Å². The van der Waals surface area contributed by atoms with Crippen LogP contribution in [-0.2, 0) is 4.79 Å². The molecule has 1 aromatic rings. The zero-order chi connectivity index (χ0) is 15.5. The molecule has 2 heterocycles. The molecule has 0 saturated carbocycles. The number of carbonyl (C=O) groups is 1. The molecule has 1 amide bonds. The van der Waals surface area contributed by atoms with E-state index in [9.17, 15) is 4.79 Å². The summed E-state index contributed by atoms with van der Waals surface area (Å²) >= 11 is 0. The van der Waals surface area contributed by atoms with Gasteiger partial charge in [-0.25, -0.2) is 0 Å². The third-order valence-electron chi connectivity index (χ3n) is 4.10. The van der Waals surface area contributed by atoms with Gasteiger partial charge in [0.25, 0.3) is 0 Å². The number of likely N-dealkylation sites (tertiary alicyclic amines) is 1. The van der Waals surface area contributed by atoms with Crippen molar-refractivity contribution in [1.29, 1.82) is 0 Å². The van der Waals surface area contributed by atoms with Crippen molar-refractivity contribution in [3.8, 4) is 0 Å². The molecule has 21 heavy (non-hydrogen) atoms. The molecular weight excluding hydrogens is 262 g/mol. The van der Waals surface area contributed by atoms with Crippen molar-refractivity contribution in [3.05, 3.63) is 30.1 Å². The normalized spacial score (nSPS) is 20.6. The highest BCUT2D eigenvalue weighted by Crippen LogP contribution is 2.34. The Kier molecular flexibility index (Phi) is 4.99. The molecule has 0 bridgehead atoms. The van der Waals surface area contributed by atoms with Crippen LogP contribution in [0.3, 0.4) is 0 Å². The monoisotopic (exact) mass is 289 g/mol. The van der Waals surface area contributed by atoms with Gasteiger partial charge in [0.05, 0.1) is 12.0 Å². The second-order valence-corrected chi connectivity index (χ2v) is 7.17. The minimum Gasteiger partial charge on any atom is -0.335 e. The number of hydrogen-bond donors (Lipinski definition) is 1. The largest absolute Gasteiger partial charge is 0.335 e. The number of amides is 1. The summed E-state index contributed by atoms with van der Waals surface area (Å²) in [5.74, 6) is 0.126. The Hall–Kier alpha value is -1.42. The standard InChI is InChI=1S/C17H27N3O/c1-17(2,3)10-14(11-18)16(21)20-9-5-7-15(20)13-6-4-8-19-12-13/h4,6,8,12,14-15H,5,7,9-11,18H2,1-3H3. The van der Waals surface area contributed by atoms with Crippen LogP contribution >= 0.6 is 0 Å². The average Bonchev–Trinajstić information content (AvgIpc) is 2.93. The van der Waals surface area contributed by atoms with Gasteiger partial charge in [-0.3, -0.25) is 9.78 Å². The quantitative estimate of drug-likeness (QED) is 0.927.